The molecule has 3 N–H and O–H groups in total. The van der Waals surface area contributed by atoms with E-state index in [4.69, 9.17) is 9.84 Å². The van der Waals surface area contributed by atoms with Gasteiger partial charge in [0.05, 0.1) is 12.7 Å². The number of nitrogens with zero attached hydrogens (tertiary/aromatic N) is 1. The Balaban J connectivity index is 2.07. The van der Waals surface area contributed by atoms with Crippen LogP contribution in [0.15, 0.2) is 24.7 Å². The predicted molar refractivity (Wildman–Crippen MR) is 54.6 cm³/mol. The first-order valence-corrected chi connectivity index (χ1v) is 5.02. The Hall–Kier alpha value is -1.37. The fourth-order valence-corrected chi connectivity index (χ4v) is 1.81. The average Bonchev–Trinajstić information content (AvgIpc) is 2.59. The second-order valence-electron chi connectivity index (χ2n) is 3.77. The fourth-order valence-electron chi connectivity index (χ4n) is 1.81. The van der Waals surface area contributed by atoms with Crippen molar-refractivity contribution in [2.45, 2.75) is 24.9 Å². The van der Waals surface area contributed by atoms with Crippen molar-refractivity contribution in [2.24, 2.45) is 0 Å². The number of carbonyl (C=O) groups is 1. The van der Waals surface area contributed by atoms with Crippen LogP contribution in [0.2, 0.25) is 0 Å². The van der Waals surface area contributed by atoms with Crippen molar-refractivity contribution in [3.8, 4) is 0 Å². The van der Waals surface area contributed by atoms with E-state index in [-0.39, 0.29) is 12.5 Å². The molecule has 0 bridgehead atoms. The molecule has 0 aromatic rings. The third-order valence-corrected chi connectivity index (χ3v) is 2.66. The smallest absolute Gasteiger partial charge is 0.250 e. The molecule has 1 fully saturated rings. The van der Waals surface area contributed by atoms with Crippen molar-refractivity contribution < 1.29 is 19.7 Å². The number of ether oxygens (including phenoxy) is 1. The van der Waals surface area contributed by atoms with E-state index in [1.54, 1.807) is 11.1 Å². The zero-order valence-corrected chi connectivity index (χ0v) is 8.67. The molecule has 3 atom stereocenters. The van der Waals surface area contributed by atoms with Crippen molar-refractivity contribution in [3.63, 3.8) is 0 Å². The highest BCUT2D eigenvalue weighted by Gasteiger charge is 2.37. The van der Waals surface area contributed by atoms with Crippen LogP contribution in [0.3, 0.4) is 0 Å². The summed E-state index contributed by atoms with van der Waals surface area (Å²) in [6.07, 6.45) is 1.59. The van der Waals surface area contributed by atoms with Crippen molar-refractivity contribution in [2.75, 3.05) is 6.61 Å². The van der Waals surface area contributed by atoms with Gasteiger partial charge in [0.2, 0.25) is 0 Å². The van der Waals surface area contributed by atoms with Crippen LogP contribution in [0.1, 0.15) is 6.42 Å². The molecule has 1 saturated heterocycles. The minimum Gasteiger partial charge on any atom is -0.394 e. The summed E-state index contributed by atoms with van der Waals surface area (Å²) < 4.78 is 5.43. The maximum Gasteiger partial charge on any atom is 0.250 e. The van der Waals surface area contributed by atoms with Gasteiger partial charge in [0, 0.05) is 18.7 Å². The highest BCUT2D eigenvalue weighted by Crippen LogP contribution is 2.25. The van der Waals surface area contributed by atoms with Gasteiger partial charge in [0.1, 0.15) is 18.2 Å². The number of carbonyl (C=O) groups excluding carboxylic acids is 1. The number of rotatable bonds is 2. The van der Waals surface area contributed by atoms with Gasteiger partial charge < -0.3 is 25.2 Å². The summed E-state index contributed by atoms with van der Waals surface area (Å²) in [5, 5.41) is 21.1. The molecule has 88 valence electrons. The van der Waals surface area contributed by atoms with Crippen LogP contribution in [0, 0.1) is 0 Å². The molecule has 0 unspecified atom stereocenters. The van der Waals surface area contributed by atoms with Crippen LogP contribution in [-0.2, 0) is 9.53 Å². The Morgan fingerprint density at radius 3 is 3.00 bits per heavy atom. The van der Waals surface area contributed by atoms with Gasteiger partial charge in [0.25, 0.3) is 5.91 Å². The lowest BCUT2D eigenvalue weighted by Gasteiger charge is -2.30. The largest absolute Gasteiger partial charge is 0.394 e. The molecule has 2 aliphatic rings. The first-order valence-electron chi connectivity index (χ1n) is 5.02. The Labute approximate surface area is 92.8 Å². The Bertz CT molecular complexity index is 342. The van der Waals surface area contributed by atoms with Gasteiger partial charge in [-0.15, -0.1) is 0 Å². The van der Waals surface area contributed by atoms with Crippen LogP contribution in [0.25, 0.3) is 0 Å². The van der Waals surface area contributed by atoms with Gasteiger partial charge in [0.15, 0.2) is 0 Å². The van der Waals surface area contributed by atoms with Gasteiger partial charge in [-0.1, -0.05) is 6.58 Å². The van der Waals surface area contributed by atoms with E-state index < -0.39 is 18.4 Å². The van der Waals surface area contributed by atoms with Crippen molar-refractivity contribution in [1.29, 1.82) is 0 Å². The first-order chi connectivity index (χ1) is 7.61. The van der Waals surface area contributed by atoms with Crippen molar-refractivity contribution in [1.82, 2.24) is 10.2 Å². The molecule has 6 heteroatoms. The van der Waals surface area contributed by atoms with E-state index in [0.717, 1.165) is 0 Å². The second kappa shape index (κ2) is 4.25. The topological polar surface area (TPSA) is 82.0 Å². The lowest BCUT2D eigenvalue weighted by atomic mass is 10.2. The summed E-state index contributed by atoms with van der Waals surface area (Å²) in [6.45, 7) is 3.46. The predicted octanol–water partition coefficient (Wildman–Crippen LogP) is -1.13. The molecule has 0 aromatic heterocycles. The molecule has 0 aromatic carbocycles. The van der Waals surface area contributed by atoms with Crippen LogP contribution in [0.4, 0.5) is 0 Å². The van der Waals surface area contributed by atoms with Crippen molar-refractivity contribution >= 4 is 5.91 Å². The van der Waals surface area contributed by atoms with E-state index in [9.17, 15) is 9.90 Å². The van der Waals surface area contributed by atoms with E-state index >= 15 is 0 Å². The second-order valence-corrected chi connectivity index (χ2v) is 3.77. The monoisotopic (exact) mass is 230 g/mol. The third kappa shape index (κ3) is 1.95. The Kier molecular flexibility index (Phi) is 2.95. The molecule has 0 radical (unpaired) electrons. The minimum absolute atomic E-state index is 0.228. The molecular weight excluding hydrogens is 216 g/mol. The number of aliphatic hydroxyl groups excluding tert-OH is 2. The zero-order valence-electron chi connectivity index (χ0n) is 8.67. The van der Waals surface area contributed by atoms with E-state index in [2.05, 4.69) is 11.9 Å². The van der Waals surface area contributed by atoms with Crippen LogP contribution < -0.4 is 5.32 Å². The zero-order chi connectivity index (χ0) is 11.7. The maximum absolute atomic E-state index is 11.0. The van der Waals surface area contributed by atoms with Gasteiger partial charge >= 0.3 is 0 Å². The summed E-state index contributed by atoms with van der Waals surface area (Å²) in [5.74, 6) is 0.168. The highest BCUT2D eigenvalue weighted by molar-refractivity contribution is 5.89. The first kappa shape index (κ1) is 11.1. The molecular formula is C10H14N2O4. The molecule has 16 heavy (non-hydrogen) atoms. The summed E-state index contributed by atoms with van der Waals surface area (Å²) in [5.41, 5.74) is 0. The number of amides is 1. The van der Waals surface area contributed by atoms with Gasteiger partial charge in [-0.2, -0.15) is 0 Å². The number of hydrogen-bond donors (Lipinski definition) is 3. The normalized spacial score (nSPS) is 34.4. The summed E-state index contributed by atoms with van der Waals surface area (Å²) in [6, 6.07) is 0. The molecule has 2 heterocycles. The molecule has 2 rings (SSSR count). The molecule has 2 aliphatic heterocycles. The minimum atomic E-state index is -0.700. The lowest BCUT2D eigenvalue weighted by Crippen LogP contribution is -2.41. The molecule has 0 saturated carbocycles. The average molecular weight is 230 g/mol. The lowest BCUT2D eigenvalue weighted by molar-refractivity contribution is -0.117. The van der Waals surface area contributed by atoms with Crippen LogP contribution in [0.5, 0.6) is 0 Å². The van der Waals surface area contributed by atoms with Gasteiger partial charge in [-0.05, 0) is 0 Å². The summed E-state index contributed by atoms with van der Waals surface area (Å²) in [7, 11) is 0. The standard InChI is InChI=1S/C10H14N2O4/c1-6-11-9(15)2-3-12(6)10-4-7(14)8(5-13)16-10/h2-3,7-8,10,13-14H,1,4-5H2,(H,11,15)/t7-,8-,10-/m1/s1/i13+2,14+2. The SMILES string of the molecule is C=C1NC(=O)C=CN1[C@H]1C[C@@H]([18OH])[C@@H](C[18OH])O1. The number of hydrogen-bond acceptors (Lipinski definition) is 5. The molecule has 1 amide bonds. The fraction of sp³-hybridized carbons (Fsp3) is 0.500. The summed E-state index contributed by atoms with van der Waals surface area (Å²) >= 11 is 0. The highest BCUT2D eigenvalue weighted by atomic mass is 18.2. The van der Waals surface area contributed by atoms with Crippen LogP contribution in [-0.4, -0.2) is 46.1 Å². The van der Waals surface area contributed by atoms with E-state index in [0.29, 0.717) is 12.2 Å². The molecule has 6 nitrogen and oxygen atoms in total. The maximum atomic E-state index is 11.0. The van der Waals surface area contributed by atoms with E-state index in [1.807, 2.05) is 0 Å². The van der Waals surface area contributed by atoms with Gasteiger partial charge in [-0.3, -0.25) is 4.79 Å². The van der Waals surface area contributed by atoms with Crippen LogP contribution >= 0.6 is 0 Å². The third-order valence-electron chi connectivity index (χ3n) is 2.66. The molecule has 0 spiro atoms. The molecule has 0 aliphatic carbocycles. The van der Waals surface area contributed by atoms with Gasteiger partial charge in [-0.25, -0.2) is 0 Å². The van der Waals surface area contributed by atoms with Crippen molar-refractivity contribution in [3.05, 3.63) is 24.7 Å². The number of aliphatic hydroxyl groups is 2. The number of nitrogens with one attached hydrogen (secondary N) is 1. The quantitative estimate of drug-likeness (QED) is 0.523. The summed E-state index contributed by atoms with van der Waals surface area (Å²) in [4.78, 5) is 12.6. The Morgan fingerprint density at radius 1 is 1.69 bits per heavy atom. The Morgan fingerprint density at radius 2 is 2.44 bits per heavy atom. The van der Waals surface area contributed by atoms with E-state index in [1.165, 1.54) is 6.08 Å².